The lowest BCUT2D eigenvalue weighted by Crippen LogP contribution is -2.53. The summed E-state index contributed by atoms with van der Waals surface area (Å²) in [7, 11) is 2.16. The van der Waals surface area contributed by atoms with E-state index in [4.69, 9.17) is 5.73 Å². The number of nitrogens with two attached hydrogens (primary N) is 1. The average molecular weight is 197 g/mol. The molecule has 2 unspecified atom stereocenters. The summed E-state index contributed by atoms with van der Waals surface area (Å²) >= 11 is 0. The van der Waals surface area contributed by atoms with Crippen molar-refractivity contribution in [3.8, 4) is 0 Å². The van der Waals surface area contributed by atoms with Gasteiger partial charge in [0.15, 0.2) is 0 Å². The molecule has 0 spiro atoms. The van der Waals surface area contributed by atoms with Gasteiger partial charge >= 0.3 is 0 Å². The maximum Gasteiger partial charge on any atom is 0.0449 e. The van der Waals surface area contributed by atoms with Crippen LogP contribution in [0.4, 0.5) is 0 Å². The van der Waals surface area contributed by atoms with Crippen LogP contribution in [-0.4, -0.2) is 43.2 Å². The molecule has 1 aliphatic rings. The van der Waals surface area contributed by atoms with E-state index >= 15 is 0 Å². The van der Waals surface area contributed by atoms with Crippen LogP contribution in [-0.2, 0) is 0 Å². The van der Waals surface area contributed by atoms with Crippen molar-refractivity contribution in [2.45, 2.75) is 31.8 Å². The molecule has 0 aromatic heterocycles. The van der Waals surface area contributed by atoms with E-state index in [2.05, 4.69) is 30.8 Å². The Hall–Kier alpha value is -0.380. The van der Waals surface area contributed by atoms with Crippen LogP contribution in [0.25, 0.3) is 0 Å². The zero-order valence-electron chi connectivity index (χ0n) is 9.64. The largest absolute Gasteiger partial charge is 0.329 e. The van der Waals surface area contributed by atoms with Gasteiger partial charge in [0, 0.05) is 31.2 Å². The summed E-state index contributed by atoms with van der Waals surface area (Å²) in [5.74, 6) is 0. The van der Waals surface area contributed by atoms with Crippen molar-refractivity contribution in [1.29, 1.82) is 0 Å². The van der Waals surface area contributed by atoms with Crippen LogP contribution in [0.2, 0.25) is 0 Å². The molecule has 3 heteroatoms. The predicted octanol–water partition coefficient (Wildman–Crippen LogP) is 0.574. The molecule has 0 aromatic rings. The van der Waals surface area contributed by atoms with Gasteiger partial charge in [-0.3, -0.25) is 0 Å². The highest BCUT2D eigenvalue weighted by molar-refractivity contribution is 5.04. The molecule has 82 valence electrons. The van der Waals surface area contributed by atoms with Crippen molar-refractivity contribution >= 4 is 0 Å². The second kappa shape index (κ2) is 4.43. The fraction of sp³-hybridized carbons (Fsp3) is 0.818. The molecule has 1 rings (SSSR count). The first-order valence-corrected chi connectivity index (χ1v) is 5.29. The van der Waals surface area contributed by atoms with Gasteiger partial charge in [-0.2, -0.15) is 0 Å². The number of likely N-dealkylation sites (tertiary alicyclic amines) is 1. The summed E-state index contributed by atoms with van der Waals surface area (Å²) in [6.45, 7) is 10.8. The average Bonchev–Trinajstić information content (AvgIpc) is 2.41. The molecule has 2 atom stereocenters. The third kappa shape index (κ3) is 2.56. The van der Waals surface area contributed by atoms with E-state index in [9.17, 15) is 0 Å². The number of nitrogens with zero attached hydrogens (tertiary/aromatic N) is 1. The molecule has 1 saturated heterocycles. The highest BCUT2D eigenvalue weighted by Gasteiger charge is 2.38. The van der Waals surface area contributed by atoms with Crippen LogP contribution in [0.1, 0.15) is 20.3 Å². The molecule has 0 aromatic carbocycles. The Morgan fingerprint density at radius 2 is 2.36 bits per heavy atom. The normalized spacial score (nSPS) is 33.6. The molecule has 1 heterocycles. The summed E-state index contributed by atoms with van der Waals surface area (Å²) in [4.78, 5) is 2.36. The Morgan fingerprint density at radius 1 is 1.71 bits per heavy atom. The Kier molecular flexibility index (Phi) is 3.70. The van der Waals surface area contributed by atoms with E-state index in [1.54, 1.807) is 0 Å². The lowest BCUT2D eigenvalue weighted by atomic mass is 9.96. The third-order valence-corrected chi connectivity index (χ3v) is 3.15. The van der Waals surface area contributed by atoms with E-state index in [1.807, 2.05) is 6.92 Å². The Balaban J connectivity index is 2.55. The number of hydrogen-bond acceptors (Lipinski definition) is 3. The van der Waals surface area contributed by atoms with Gasteiger partial charge in [-0.05, 0) is 27.3 Å². The second-order valence-electron chi connectivity index (χ2n) is 4.76. The molecule has 0 bridgehead atoms. The molecule has 3 nitrogen and oxygen atoms in total. The van der Waals surface area contributed by atoms with Gasteiger partial charge in [-0.1, -0.05) is 12.2 Å². The lowest BCUT2D eigenvalue weighted by molar-refractivity contribution is 0.304. The van der Waals surface area contributed by atoms with E-state index < -0.39 is 0 Å². The molecule has 0 aliphatic carbocycles. The quantitative estimate of drug-likeness (QED) is 0.648. The van der Waals surface area contributed by atoms with Crippen molar-refractivity contribution in [2.24, 2.45) is 5.73 Å². The fourth-order valence-corrected chi connectivity index (χ4v) is 2.11. The number of likely N-dealkylation sites (N-methyl/N-ethyl adjacent to an activating group) is 1. The second-order valence-corrected chi connectivity index (χ2v) is 4.76. The third-order valence-electron chi connectivity index (χ3n) is 3.15. The summed E-state index contributed by atoms with van der Waals surface area (Å²) in [6, 6.07) is 0.621. The number of hydrogen-bond donors (Lipinski definition) is 2. The molecular formula is C11H23N3. The summed E-state index contributed by atoms with van der Waals surface area (Å²) in [6.07, 6.45) is 1.13. The molecule has 1 fully saturated rings. The Labute approximate surface area is 87.3 Å². The minimum Gasteiger partial charge on any atom is -0.329 e. The van der Waals surface area contributed by atoms with Crippen molar-refractivity contribution in [2.75, 3.05) is 26.7 Å². The van der Waals surface area contributed by atoms with Gasteiger partial charge in [0.1, 0.15) is 0 Å². The van der Waals surface area contributed by atoms with Crippen molar-refractivity contribution in [3.63, 3.8) is 0 Å². The Morgan fingerprint density at radius 3 is 2.71 bits per heavy atom. The topological polar surface area (TPSA) is 41.3 Å². The van der Waals surface area contributed by atoms with Crippen molar-refractivity contribution in [1.82, 2.24) is 10.2 Å². The maximum atomic E-state index is 5.86. The van der Waals surface area contributed by atoms with Gasteiger partial charge in [0.05, 0.1) is 0 Å². The highest BCUT2D eigenvalue weighted by Crippen LogP contribution is 2.24. The first-order valence-electron chi connectivity index (χ1n) is 5.29. The van der Waals surface area contributed by atoms with Crippen molar-refractivity contribution < 1.29 is 0 Å². The monoisotopic (exact) mass is 197 g/mol. The summed E-state index contributed by atoms with van der Waals surface area (Å²) < 4.78 is 0. The zero-order valence-corrected chi connectivity index (χ0v) is 9.64. The highest BCUT2D eigenvalue weighted by atomic mass is 15.2. The molecular weight excluding hydrogens is 174 g/mol. The summed E-state index contributed by atoms with van der Waals surface area (Å²) in [5.41, 5.74) is 7.13. The van der Waals surface area contributed by atoms with Crippen LogP contribution in [0.5, 0.6) is 0 Å². The van der Waals surface area contributed by atoms with Gasteiger partial charge in [-0.25, -0.2) is 0 Å². The fourth-order valence-electron chi connectivity index (χ4n) is 2.11. The van der Waals surface area contributed by atoms with Gasteiger partial charge in [0.25, 0.3) is 0 Å². The number of nitrogens with one attached hydrogen (secondary N) is 1. The van der Waals surface area contributed by atoms with Gasteiger partial charge in [-0.15, -0.1) is 0 Å². The molecule has 1 aliphatic heterocycles. The number of rotatable bonds is 4. The molecule has 0 amide bonds. The smallest absolute Gasteiger partial charge is 0.0449 e. The Bertz CT molecular complexity index is 203. The van der Waals surface area contributed by atoms with Crippen LogP contribution in [0.3, 0.4) is 0 Å². The van der Waals surface area contributed by atoms with E-state index in [0.29, 0.717) is 12.6 Å². The van der Waals surface area contributed by atoms with Gasteiger partial charge in [0.2, 0.25) is 0 Å². The molecule has 3 N–H and O–H groups in total. The minimum absolute atomic E-state index is 0.104. The first kappa shape index (κ1) is 11.7. The molecule has 14 heavy (non-hydrogen) atoms. The first-order chi connectivity index (χ1) is 6.49. The van der Waals surface area contributed by atoms with Crippen molar-refractivity contribution in [3.05, 3.63) is 12.2 Å². The SMILES string of the molecule is C=C(C)CNC1(CN)CC(C)N(C)C1. The molecule has 0 saturated carbocycles. The van der Waals surface area contributed by atoms with E-state index in [0.717, 1.165) is 19.5 Å². The lowest BCUT2D eigenvalue weighted by Gasteiger charge is -2.29. The van der Waals surface area contributed by atoms with E-state index in [-0.39, 0.29) is 5.54 Å². The zero-order chi connectivity index (χ0) is 10.8. The van der Waals surface area contributed by atoms with Crippen LogP contribution in [0, 0.1) is 0 Å². The van der Waals surface area contributed by atoms with Crippen LogP contribution >= 0.6 is 0 Å². The predicted molar refractivity (Wildman–Crippen MR) is 61.3 cm³/mol. The minimum atomic E-state index is 0.104. The van der Waals surface area contributed by atoms with Crippen LogP contribution in [0.15, 0.2) is 12.2 Å². The molecule has 0 radical (unpaired) electrons. The van der Waals surface area contributed by atoms with Gasteiger partial charge < -0.3 is 16.0 Å². The van der Waals surface area contributed by atoms with E-state index in [1.165, 1.54) is 5.57 Å². The maximum absolute atomic E-state index is 5.86. The standard InChI is InChI=1S/C11H23N3/c1-9(2)6-13-11(7-12)5-10(3)14(4)8-11/h10,13H,1,5-8,12H2,2-4H3. The van der Waals surface area contributed by atoms with Crippen LogP contribution < -0.4 is 11.1 Å². The summed E-state index contributed by atoms with van der Waals surface area (Å²) in [5, 5.41) is 3.54.